The first-order valence-corrected chi connectivity index (χ1v) is 11.4. The van der Waals surface area contributed by atoms with Crippen molar-refractivity contribution in [3.63, 3.8) is 0 Å². The predicted molar refractivity (Wildman–Crippen MR) is 112 cm³/mol. The summed E-state index contributed by atoms with van der Waals surface area (Å²) in [6.45, 7) is 2.22. The summed E-state index contributed by atoms with van der Waals surface area (Å²) in [5.74, 6) is -3.21. The highest BCUT2D eigenvalue weighted by Crippen LogP contribution is 2.22. The molecule has 0 saturated heterocycles. The van der Waals surface area contributed by atoms with Crippen LogP contribution in [0.25, 0.3) is 0 Å². The van der Waals surface area contributed by atoms with E-state index in [1.807, 2.05) is 0 Å². The number of carboxylic acids is 1. The molecule has 0 aliphatic rings. The quantitative estimate of drug-likeness (QED) is 0.198. The Hall–Kier alpha value is -1.80. The van der Waals surface area contributed by atoms with Crippen molar-refractivity contribution in [1.29, 1.82) is 0 Å². The number of carboxylic acid groups (broad SMARTS) is 1. The van der Waals surface area contributed by atoms with Crippen LogP contribution in [0.2, 0.25) is 0 Å². The van der Waals surface area contributed by atoms with Gasteiger partial charge in [-0.3, -0.25) is 9.59 Å². The molecule has 31 heavy (non-hydrogen) atoms. The van der Waals surface area contributed by atoms with Crippen molar-refractivity contribution < 1.29 is 37.4 Å². The molecular formula is C22H38F3NO5. The Kier molecular flexibility index (Phi) is 16.8. The van der Waals surface area contributed by atoms with Crippen molar-refractivity contribution in [3.8, 4) is 0 Å². The smallest absolute Gasteiger partial charge is 0.481 e. The molecule has 6 nitrogen and oxygen atoms in total. The van der Waals surface area contributed by atoms with E-state index in [-0.39, 0.29) is 18.9 Å². The molecule has 1 unspecified atom stereocenters. The summed E-state index contributed by atoms with van der Waals surface area (Å²) in [7, 11) is 0. The lowest BCUT2D eigenvalue weighted by Crippen LogP contribution is -2.30. The lowest BCUT2D eigenvalue weighted by molar-refractivity contribution is -0.205. The number of halogens is 3. The topological polar surface area (TPSA) is 92.7 Å². The van der Waals surface area contributed by atoms with Crippen molar-refractivity contribution >= 4 is 17.8 Å². The van der Waals surface area contributed by atoms with Crippen LogP contribution < -0.4 is 5.32 Å². The Morgan fingerprint density at radius 2 is 1.35 bits per heavy atom. The highest BCUT2D eigenvalue weighted by molar-refractivity contribution is 5.76. The van der Waals surface area contributed by atoms with Gasteiger partial charge in [-0.15, -0.1) is 0 Å². The highest BCUT2D eigenvalue weighted by Gasteiger charge is 2.42. The summed E-state index contributed by atoms with van der Waals surface area (Å²) in [4.78, 5) is 33.0. The molecule has 2 N–H and O–H groups in total. The average Bonchev–Trinajstić information content (AvgIpc) is 2.68. The number of hydrogen-bond donors (Lipinski definition) is 2. The highest BCUT2D eigenvalue weighted by atomic mass is 19.4. The molecule has 0 rings (SSSR count). The van der Waals surface area contributed by atoms with E-state index in [0.717, 1.165) is 57.8 Å². The van der Waals surface area contributed by atoms with Crippen molar-refractivity contribution in [2.45, 2.75) is 116 Å². The second kappa shape index (κ2) is 17.8. The molecule has 9 heteroatoms. The maximum absolute atomic E-state index is 12.5. The first kappa shape index (κ1) is 29.2. The van der Waals surface area contributed by atoms with Crippen molar-refractivity contribution in [3.05, 3.63) is 0 Å². The Balaban J connectivity index is 3.95. The Bertz CT molecular complexity index is 512. The van der Waals surface area contributed by atoms with Crippen LogP contribution in [0.4, 0.5) is 13.2 Å². The third-order valence-corrected chi connectivity index (χ3v) is 4.98. The number of esters is 1. The number of aliphatic carboxylic acids is 1. The van der Waals surface area contributed by atoms with Gasteiger partial charge in [-0.1, -0.05) is 58.3 Å². The molecule has 0 aromatic rings. The van der Waals surface area contributed by atoms with Gasteiger partial charge in [-0.05, 0) is 32.1 Å². The summed E-state index contributed by atoms with van der Waals surface area (Å²) >= 11 is 0. The van der Waals surface area contributed by atoms with Crippen LogP contribution in [0.1, 0.15) is 103 Å². The zero-order valence-electron chi connectivity index (χ0n) is 18.6. The van der Waals surface area contributed by atoms with Crippen LogP contribution in [0.15, 0.2) is 0 Å². The molecule has 0 heterocycles. The first-order chi connectivity index (χ1) is 14.7. The molecule has 0 fully saturated rings. The summed E-state index contributed by atoms with van der Waals surface area (Å²) in [6.07, 6.45) is 5.31. The summed E-state index contributed by atoms with van der Waals surface area (Å²) in [5.41, 5.74) is 0. The van der Waals surface area contributed by atoms with Gasteiger partial charge in [0.05, 0.1) is 6.42 Å². The molecule has 0 aliphatic carbocycles. The van der Waals surface area contributed by atoms with E-state index >= 15 is 0 Å². The molecule has 1 atom stereocenters. The molecule has 0 bridgehead atoms. The number of amides is 1. The number of unbranched alkanes of at least 4 members (excludes halogenated alkanes) is 9. The third-order valence-electron chi connectivity index (χ3n) is 4.98. The largest absolute Gasteiger partial charge is 0.490 e. The molecule has 0 aromatic heterocycles. The van der Waals surface area contributed by atoms with Gasteiger partial charge < -0.3 is 15.2 Å². The Morgan fingerprint density at radius 1 is 0.839 bits per heavy atom. The normalized spacial score (nSPS) is 12.4. The van der Waals surface area contributed by atoms with Gasteiger partial charge in [0, 0.05) is 13.0 Å². The van der Waals surface area contributed by atoms with Gasteiger partial charge in [-0.2, -0.15) is 13.2 Å². The van der Waals surface area contributed by atoms with Crippen LogP contribution in [0.5, 0.6) is 0 Å². The van der Waals surface area contributed by atoms with E-state index in [9.17, 15) is 27.6 Å². The summed E-state index contributed by atoms with van der Waals surface area (Å²) in [5, 5.41) is 11.1. The maximum Gasteiger partial charge on any atom is 0.490 e. The van der Waals surface area contributed by atoms with Gasteiger partial charge >= 0.3 is 18.1 Å². The summed E-state index contributed by atoms with van der Waals surface area (Å²) in [6, 6.07) is 0. The van der Waals surface area contributed by atoms with Crippen LogP contribution >= 0.6 is 0 Å². The second-order valence-electron chi connectivity index (χ2n) is 7.88. The molecular weight excluding hydrogens is 415 g/mol. The van der Waals surface area contributed by atoms with Gasteiger partial charge in [0.2, 0.25) is 5.91 Å². The van der Waals surface area contributed by atoms with Gasteiger partial charge in [0.25, 0.3) is 0 Å². The molecule has 0 aliphatic heterocycles. The monoisotopic (exact) mass is 453 g/mol. The third kappa shape index (κ3) is 18.7. The van der Waals surface area contributed by atoms with E-state index in [4.69, 9.17) is 9.84 Å². The number of carbonyl (C=O) groups excluding carboxylic acids is 2. The van der Waals surface area contributed by atoms with Gasteiger partial charge in [-0.25, -0.2) is 4.79 Å². The SMILES string of the molecule is CCCCCCCC(CCCCCCCCC(=O)NCCC(=O)O)OC(=O)C(F)(F)F. The fourth-order valence-electron chi connectivity index (χ4n) is 3.22. The van der Waals surface area contributed by atoms with Crippen LogP contribution in [-0.4, -0.2) is 41.8 Å². The fourth-order valence-corrected chi connectivity index (χ4v) is 3.22. The molecule has 1 amide bonds. The minimum Gasteiger partial charge on any atom is -0.481 e. The standard InChI is InChI=1S/C22H38F3NO5/c1-2-3-4-7-10-13-18(31-21(30)22(23,24)25)14-11-8-5-6-9-12-15-19(27)26-17-16-20(28)29/h18H,2-17H2,1H3,(H,26,27)(H,28,29). The number of carbonyl (C=O) groups is 3. The number of rotatable bonds is 19. The molecule has 0 aromatic carbocycles. The van der Waals surface area contributed by atoms with Crippen molar-refractivity contribution in [2.24, 2.45) is 0 Å². The first-order valence-electron chi connectivity index (χ1n) is 11.4. The number of nitrogens with one attached hydrogen (secondary N) is 1. The van der Waals surface area contributed by atoms with Gasteiger partial charge in [0.15, 0.2) is 0 Å². The fraction of sp³-hybridized carbons (Fsp3) is 0.864. The zero-order chi connectivity index (χ0) is 23.5. The van der Waals surface area contributed by atoms with E-state index in [0.29, 0.717) is 32.1 Å². The number of alkyl halides is 3. The molecule has 0 radical (unpaired) electrons. The second-order valence-corrected chi connectivity index (χ2v) is 7.88. The summed E-state index contributed by atoms with van der Waals surface area (Å²) < 4.78 is 42.2. The maximum atomic E-state index is 12.5. The lowest BCUT2D eigenvalue weighted by Gasteiger charge is -2.19. The van der Waals surface area contributed by atoms with Crippen molar-refractivity contribution in [2.75, 3.05) is 6.54 Å². The Morgan fingerprint density at radius 3 is 1.87 bits per heavy atom. The van der Waals surface area contributed by atoms with E-state index in [1.54, 1.807) is 0 Å². The predicted octanol–water partition coefficient (Wildman–Crippen LogP) is 5.53. The zero-order valence-corrected chi connectivity index (χ0v) is 18.6. The molecule has 182 valence electrons. The molecule has 0 spiro atoms. The van der Waals surface area contributed by atoms with E-state index in [1.165, 1.54) is 0 Å². The Labute approximate surface area is 183 Å². The lowest BCUT2D eigenvalue weighted by atomic mass is 10.0. The number of hydrogen-bond acceptors (Lipinski definition) is 4. The number of ether oxygens (including phenoxy) is 1. The van der Waals surface area contributed by atoms with Crippen LogP contribution in [0.3, 0.4) is 0 Å². The van der Waals surface area contributed by atoms with Crippen molar-refractivity contribution in [1.82, 2.24) is 5.32 Å². The van der Waals surface area contributed by atoms with E-state index < -0.39 is 24.2 Å². The van der Waals surface area contributed by atoms with Crippen LogP contribution in [0, 0.1) is 0 Å². The minimum atomic E-state index is -4.96. The minimum absolute atomic E-state index is 0.0935. The van der Waals surface area contributed by atoms with Gasteiger partial charge in [0.1, 0.15) is 6.10 Å². The molecule has 0 saturated carbocycles. The van der Waals surface area contributed by atoms with Crippen LogP contribution in [-0.2, 0) is 19.1 Å². The average molecular weight is 454 g/mol. The van der Waals surface area contributed by atoms with E-state index in [2.05, 4.69) is 12.2 Å².